The summed E-state index contributed by atoms with van der Waals surface area (Å²) in [6.07, 6.45) is 2.45. The first-order valence-electron chi connectivity index (χ1n) is 7.97. The molecule has 0 aliphatic carbocycles. The SMILES string of the molecule is N#CCSc1ccccc1NC(=O)COC(=O)/C=C/c1cccc([N+](=O)[O-])c1. The summed E-state index contributed by atoms with van der Waals surface area (Å²) >= 11 is 1.28. The summed E-state index contributed by atoms with van der Waals surface area (Å²) in [6.45, 7) is -0.491. The van der Waals surface area contributed by atoms with Gasteiger partial charge >= 0.3 is 5.97 Å². The Morgan fingerprint density at radius 3 is 2.79 bits per heavy atom. The molecular weight excluding hydrogens is 382 g/mol. The van der Waals surface area contributed by atoms with E-state index in [1.54, 1.807) is 30.3 Å². The van der Waals surface area contributed by atoms with E-state index in [2.05, 4.69) is 5.32 Å². The van der Waals surface area contributed by atoms with Crippen molar-refractivity contribution in [3.8, 4) is 6.07 Å². The minimum Gasteiger partial charge on any atom is -0.452 e. The number of para-hydroxylation sites is 1. The first-order valence-corrected chi connectivity index (χ1v) is 8.96. The largest absolute Gasteiger partial charge is 0.452 e. The van der Waals surface area contributed by atoms with Gasteiger partial charge in [-0.2, -0.15) is 5.26 Å². The molecule has 2 aromatic carbocycles. The molecule has 28 heavy (non-hydrogen) atoms. The number of thioether (sulfide) groups is 1. The highest BCUT2D eigenvalue weighted by Crippen LogP contribution is 2.26. The van der Waals surface area contributed by atoms with Gasteiger partial charge in [-0.15, -0.1) is 11.8 Å². The number of hydrogen-bond donors (Lipinski definition) is 1. The lowest BCUT2D eigenvalue weighted by Gasteiger charge is -2.09. The number of nitrogens with zero attached hydrogens (tertiary/aromatic N) is 2. The highest BCUT2D eigenvalue weighted by Gasteiger charge is 2.09. The van der Waals surface area contributed by atoms with Gasteiger partial charge in [-0.3, -0.25) is 14.9 Å². The van der Waals surface area contributed by atoms with Gasteiger partial charge < -0.3 is 10.1 Å². The number of non-ortho nitro benzene ring substituents is 1. The molecule has 8 nitrogen and oxygen atoms in total. The van der Waals surface area contributed by atoms with E-state index in [4.69, 9.17) is 10.00 Å². The highest BCUT2D eigenvalue weighted by atomic mass is 32.2. The van der Waals surface area contributed by atoms with Crippen LogP contribution in [0.4, 0.5) is 11.4 Å². The van der Waals surface area contributed by atoms with Gasteiger partial charge in [0.05, 0.1) is 22.4 Å². The molecule has 0 saturated heterocycles. The smallest absolute Gasteiger partial charge is 0.331 e. The number of hydrogen-bond acceptors (Lipinski definition) is 7. The molecule has 0 aliphatic rings. The summed E-state index contributed by atoms with van der Waals surface area (Å²) < 4.78 is 4.87. The minimum atomic E-state index is -0.756. The molecule has 0 spiro atoms. The van der Waals surface area contributed by atoms with Gasteiger partial charge in [0.2, 0.25) is 0 Å². The van der Waals surface area contributed by atoms with Gasteiger partial charge in [0, 0.05) is 23.1 Å². The van der Waals surface area contributed by atoms with Crippen molar-refractivity contribution in [3.05, 3.63) is 70.3 Å². The van der Waals surface area contributed by atoms with E-state index < -0.39 is 23.4 Å². The van der Waals surface area contributed by atoms with E-state index in [-0.39, 0.29) is 11.4 Å². The maximum Gasteiger partial charge on any atom is 0.331 e. The number of esters is 1. The third kappa shape index (κ3) is 6.59. The molecule has 0 unspecified atom stereocenters. The van der Waals surface area contributed by atoms with E-state index in [9.17, 15) is 19.7 Å². The van der Waals surface area contributed by atoms with Gasteiger partial charge in [-0.05, 0) is 23.8 Å². The molecule has 1 amide bonds. The number of ether oxygens (including phenoxy) is 1. The Hall–Kier alpha value is -3.64. The fourth-order valence-electron chi connectivity index (χ4n) is 2.08. The molecule has 0 fully saturated rings. The molecule has 0 radical (unpaired) electrons. The van der Waals surface area contributed by atoms with E-state index >= 15 is 0 Å². The number of nitriles is 1. The molecule has 0 saturated carbocycles. The topological polar surface area (TPSA) is 122 Å². The highest BCUT2D eigenvalue weighted by molar-refractivity contribution is 7.99. The van der Waals surface area contributed by atoms with Crippen LogP contribution in [0.25, 0.3) is 6.08 Å². The minimum absolute atomic E-state index is 0.0946. The predicted octanol–water partition coefficient (Wildman–Crippen LogP) is 3.41. The Kier molecular flexibility index (Phi) is 7.75. The number of anilines is 1. The summed E-state index contributed by atoms with van der Waals surface area (Å²) in [6, 6.07) is 14.7. The zero-order valence-electron chi connectivity index (χ0n) is 14.5. The van der Waals surface area contributed by atoms with Crippen molar-refractivity contribution in [1.82, 2.24) is 0 Å². The average molecular weight is 397 g/mol. The van der Waals surface area contributed by atoms with Crippen molar-refractivity contribution in [2.75, 3.05) is 17.7 Å². The number of carbonyl (C=O) groups is 2. The van der Waals surface area contributed by atoms with Crippen LogP contribution in [0.15, 0.2) is 59.5 Å². The lowest BCUT2D eigenvalue weighted by molar-refractivity contribution is -0.384. The molecule has 142 valence electrons. The van der Waals surface area contributed by atoms with Crippen molar-refractivity contribution in [3.63, 3.8) is 0 Å². The maximum atomic E-state index is 12.0. The summed E-state index contributed by atoms with van der Waals surface area (Å²) in [5.74, 6) is -1.04. The van der Waals surface area contributed by atoms with Crippen LogP contribution in [0, 0.1) is 21.4 Å². The molecule has 1 N–H and O–H groups in total. The van der Waals surface area contributed by atoms with Crippen molar-refractivity contribution in [2.24, 2.45) is 0 Å². The first-order chi connectivity index (χ1) is 13.5. The molecule has 0 aliphatic heterocycles. The molecule has 2 aromatic rings. The zero-order chi connectivity index (χ0) is 20.4. The zero-order valence-corrected chi connectivity index (χ0v) is 15.3. The number of nitro benzene ring substituents is 1. The van der Waals surface area contributed by atoms with Crippen LogP contribution in [0.3, 0.4) is 0 Å². The van der Waals surface area contributed by atoms with Crippen LogP contribution in [-0.2, 0) is 14.3 Å². The standard InChI is InChI=1S/C19H15N3O5S/c20-10-11-28-17-7-2-1-6-16(17)21-18(23)13-27-19(24)9-8-14-4-3-5-15(12-14)22(25)26/h1-9,12H,11,13H2,(H,21,23)/b9-8+. The van der Waals surface area contributed by atoms with E-state index in [0.717, 1.165) is 11.0 Å². The summed E-state index contributed by atoms with van der Waals surface area (Å²) in [4.78, 5) is 34.6. The number of nitro groups is 1. The fraction of sp³-hybridized carbons (Fsp3) is 0.105. The fourth-order valence-corrected chi connectivity index (χ4v) is 2.75. The second-order valence-corrected chi connectivity index (χ2v) is 6.30. The number of rotatable bonds is 8. The molecule has 0 bridgehead atoms. The second-order valence-electron chi connectivity index (χ2n) is 5.28. The third-order valence-electron chi connectivity index (χ3n) is 3.29. The Balaban J connectivity index is 1.88. The Labute approximate surface area is 165 Å². The third-order valence-corrected chi connectivity index (χ3v) is 4.23. The van der Waals surface area contributed by atoms with Crippen LogP contribution in [0.1, 0.15) is 5.56 Å². The number of nitrogens with one attached hydrogen (secondary N) is 1. The lowest BCUT2D eigenvalue weighted by Crippen LogP contribution is -2.20. The van der Waals surface area contributed by atoms with Crippen molar-refractivity contribution >= 4 is 41.1 Å². The van der Waals surface area contributed by atoms with Crippen LogP contribution < -0.4 is 5.32 Å². The van der Waals surface area contributed by atoms with Crippen LogP contribution in [0.5, 0.6) is 0 Å². The monoisotopic (exact) mass is 397 g/mol. The lowest BCUT2D eigenvalue weighted by atomic mass is 10.2. The van der Waals surface area contributed by atoms with Crippen molar-refractivity contribution < 1.29 is 19.2 Å². The van der Waals surface area contributed by atoms with E-state index in [1.807, 2.05) is 6.07 Å². The Morgan fingerprint density at radius 1 is 1.25 bits per heavy atom. The van der Waals surface area contributed by atoms with Gasteiger partial charge in [0.1, 0.15) is 0 Å². The molecule has 0 heterocycles. The molecule has 0 atom stereocenters. The van der Waals surface area contributed by atoms with Gasteiger partial charge in [0.25, 0.3) is 11.6 Å². The van der Waals surface area contributed by atoms with Crippen LogP contribution in [-0.4, -0.2) is 29.2 Å². The van der Waals surface area contributed by atoms with Crippen molar-refractivity contribution in [1.29, 1.82) is 5.26 Å². The Morgan fingerprint density at radius 2 is 2.04 bits per heavy atom. The molecule has 0 aromatic heterocycles. The van der Waals surface area contributed by atoms with Gasteiger partial charge in [-0.25, -0.2) is 4.79 Å². The number of carbonyl (C=O) groups excluding carboxylic acids is 2. The molecule has 9 heteroatoms. The van der Waals surface area contributed by atoms with E-state index in [0.29, 0.717) is 11.3 Å². The molecular formula is C19H15N3O5S. The maximum absolute atomic E-state index is 12.0. The van der Waals surface area contributed by atoms with Gasteiger partial charge in [0.15, 0.2) is 6.61 Å². The summed E-state index contributed by atoms with van der Waals surface area (Å²) in [7, 11) is 0. The number of amides is 1. The van der Waals surface area contributed by atoms with Gasteiger partial charge in [-0.1, -0.05) is 24.3 Å². The second kappa shape index (κ2) is 10.5. The summed E-state index contributed by atoms with van der Waals surface area (Å²) in [5, 5.41) is 22.0. The Bertz CT molecular complexity index is 953. The quantitative estimate of drug-likeness (QED) is 0.238. The summed E-state index contributed by atoms with van der Waals surface area (Å²) in [5.41, 5.74) is 0.887. The van der Waals surface area contributed by atoms with E-state index in [1.165, 1.54) is 36.0 Å². The normalized spacial score (nSPS) is 10.2. The number of benzene rings is 2. The van der Waals surface area contributed by atoms with Crippen molar-refractivity contribution in [2.45, 2.75) is 4.90 Å². The van der Waals surface area contributed by atoms with Crippen LogP contribution in [0.2, 0.25) is 0 Å². The predicted molar refractivity (Wildman–Crippen MR) is 104 cm³/mol. The average Bonchev–Trinajstić information content (AvgIpc) is 2.70. The van der Waals surface area contributed by atoms with Crippen LogP contribution >= 0.6 is 11.8 Å². The first kappa shape index (κ1) is 20.7. The molecule has 2 rings (SSSR count).